The van der Waals surface area contributed by atoms with Crippen LogP contribution in [0.5, 0.6) is 5.75 Å². The second-order valence-electron chi connectivity index (χ2n) is 8.43. The van der Waals surface area contributed by atoms with Gasteiger partial charge in [-0.3, -0.25) is 14.6 Å². The summed E-state index contributed by atoms with van der Waals surface area (Å²) in [6, 6.07) is 19.0. The summed E-state index contributed by atoms with van der Waals surface area (Å²) in [5.74, 6) is -0.564. The lowest BCUT2D eigenvalue weighted by Crippen LogP contribution is -2.29. The van der Waals surface area contributed by atoms with Crippen molar-refractivity contribution in [1.82, 2.24) is 9.88 Å². The maximum atomic E-state index is 13.1. The number of carbonyl (C=O) groups excluding carboxylic acids is 2. The first-order valence-corrected chi connectivity index (χ1v) is 10.9. The molecule has 0 spiro atoms. The molecule has 2 aromatic carbocycles. The summed E-state index contributed by atoms with van der Waals surface area (Å²) >= 11 is 0. The largest absolute Gasteiger partial charge is 0.507 e. The van der Waals surface area contributed by atoms with Crippen LogP contribution in [0.25, 0.3) is 5.76 Å². The molecule has 1 unspecified atom stereocenters. The van der Waals surface area contributed by atoms with Gasteiger partial charge in [-0.15, -0.1) is 0 Å². The number of likely N-dealkylation sites (tertiary alicyclic amines) is 1. The van der Waals surface area contributed by atoms with E-state index in [4.69, 9.17) is 4.74 Å². The lowest BCUT2D eigenvalue weighted by atomic mass is 9.95. The van der Waals surface area contributed by atoms with Gasteiger partial charge in [-0.2, -0.15) is 0 Å². The number of amides is 1. The summed E-state index contributed by atoms with van der Waals surface area (Å²) in [6.45, 7) is 4.86. The molecular weight excluding hydrogens is 416 g/mol. The van der Waals surface area contributed by atoms with Crippen molar-refractivity contribution in [1.29, 1.82) is 0 Å². The van der Waals surface area contributed by atoms with E-state index in [2.05, 4.69) is 18.8 Å². The minimum Gasteiger partial charge on any atom is -0.507 e. The Kier molecular flexibility index (Phi) is 6.54. The number of rotatable bonds is 7. The van der Waals surface area contributed by atoms with Gasteiger partial charge < -0.3 is 14.7 Å². The summed E-state index contributed by atoms with van der Waals surface area (Å²) in [7, 11) is 0. The summed E-state index contributed by atoms with van der Waals surface area (Å²) in [6.07, 6.45) is 3.32. The van der Waals surface area contributed by atoms with Crippen LogP contribution in [-0.2, 0) is 16.1 Å². The van der Waals surface area contributed by atoms with Crippen LogP contribution in [0.2, 0.25) is 0 Å². The molecule has 1 N–H and O–H groups in total. The Labute approximate surface area is 193 Å². The van der Waals surface area contributed by atoms with Crippen molar-refractivity contribution in [3.63, 3.8) is 0 Å². The average Bonchev–Trinajstić information content (AvgIpc) is 3.08. The quantitative estimate of drug-likeness (QED) is 0.325. The van der Waals surface area contributed by atoms with E-state index in [1.807, 2.05) is 36.4 Å². The van der Waals surface area contributed by atoms with E-state index >= 15 is 0 Å². The maximum Gasteiger partial charge on any atom is 0.295 e. The summed E-state index contributed by atoms with van der Waals surface area (Å²) in [5, 5.41) is 11.1. The second-order valence-corrected chi connectivity index (χ2v) is 8.43. The van der Waals surface area contributed by atoms with Gasteiger partial charge in [0.25, 0.3) is 11.7 Å². The highest BCUT2D eigenvalue weighted by Crippen LogP contribution is 2.41. The molecule has 0 radical (unpaired) electrons. The summed E-state index contributed by atoms with van der Waals surface area (Å²) in [5.41, 5.74) is 2.03. The third-order valence-corrected chi connectivity index (χ3v) is 5.42. The number of ether oxygens (including phenoxy) is 1. The van der Waals surface area contributed by atoms with E-state index < -0.39 is 17.7 Å². The first kappa shape index (κ1) is 22.3. The molecule has 33 heavy (non-hydrogen) atoms. The van der Waals surface area contributed by atoms with Gasteiger partial charge in [-0.25, -0.2) is 0 Å². The van der Waals surface area contributed by atoms with Crippen molar-refractivity contribution in [2.75, 3.05) is 6.61 Å². The Morgan fingerprint density at radius 3 is 2.55 bits per heavy atom. The van der Waals surface area contributed by atoms with E-state index in [0.29, 0.717) is 29.4 Å². The van der Waals surface area contributed by atoms with Gasteiger partial charge in [-0.05, 0) is 35.2 Å². The van der Waals surface area contributed by atoms with Crippen LogP contribution >= 0.6 is 0 Å². The number of aliphatic hydroxyl groups is 1. The van der Waals surface area contributed by atoms with Gasteiger partial charge in [0, 0.05) is 24.5 Å². The fourth-order valence-electron chi connectivity index (χ4n) is 3.87. The van der Waals surface area contributed by atoms with Gasteiger partial charge in [0.15, 0.2) is 0 Å². The SMILES string of the molecule is CC(C)COc1cccc(C2/C(=C(/O)c3ccccc3)C(=O)C(=O)N2Cc2cccnc2)c1. The third kappa shape index (κ3) is 4.80. The fourth-order valence-corrected chi connectivity index (χ4v) is 3.87. The Hall–Kier alpha value is -3.93. The van der Waals surface area contributed by atoms with E-state index in [1.165, 1.54) is 4.90 Å². The number of aliphatic hydroxyl groups excluding tert-OH is 1. The van der Waals surface area contributed by atoms with E-state index in [1.54, 1.807) is 42.7 Å². The van der Waals surface area contributed by atoms with Gasteiger partial charge in [0.1, 0.15) is 11.5 Å². The standard InChI is InChI=1S/C27H26N2O4/c1-18(2)17-33-22-12-6-11-21(14-22)24-23(25(30)20-9-4-3-5-10-20)26(31)27(32)29(24)16-19-8-7-13-28-15-19/h3-15,18,24,30H,16-17H2,1-2H3/b25-23-. The van der Waals surface area contributed by atoms with Gasteiger partial charge >= 0.3 is 0 Å². The highest BCUT2D eigenvalue weighted by atomic mass is 16.5. The van der Waals surface area contributed by atoms with Gasteiger partial charge in [0.2, 0.25) is 0 Å². The normalized spacial score (nSPS) is 17.5. The van der Waals surface area contributed by atoms with Crippen molar-refractivity contribution < 1.29 is 19.4 Å². The molecule has 168 valence electrons. The molecule has 1 aliphatic rings. The van der Waals surface area contributed by atoms with Gasteiger partial charge in [-0.1, -0.05) is 62.4 Å². The predicted octanol–water partition coefficient (Wildman–Crippen LogP) is 4.74. The molecule has 1 saturated heterocycles. The molecule has 6 heteroatoms. The van der Waals surface area contributed by atoms with Crippen LogP contribution in [-0.4, -0.2) is 33.3 Å². The molecule has 0 saturated carbocycles. The Morgan fingerprint density at radius 1 is 1.06 bits per heavy atom. The molecule has 1 aliphatic heterocycles. The number of aromatic nitrogens is 1. The number of hydrogen-bond acceptors (Lipinski definition) is 5. The Morgan fingerprint density at radius 2 is 1.85 bits per heavy atom. The highest BCUT2D eigenvalue weighted by molar-refractivity contribution is 6.46. The third-order valence-electron chi connectivity index (χ3n) is 5.42. The molecular formula is C27H26N2O4. The minimum atomic E-state index is -0.756. The number of pyridine rings is 1. The molecule has 4 rings (SSSR count). The zero-order valence-corrected chi connectivity index (χ0v) is 18.6. The number of ketones is 1. The first-order chi connectivity index (χ1) is 16.0. The smallest absolute Gasteiger partial charge is 0.295 e. The molecule has 1 atom stereocenters. The van der Waals surface area contributed by atoms with Crippen LogP contribution in [0.3, 0.4) is 0 Å². The topological polar surface area (TPSA) is 79.7 Å². The monoisotopic (exact) mass is 442 g/mol. The lowest BCUT2D eigenvalue weighted by molar-refractivity contribution is -0.140. The van der Waals surface area contributed by atoms with Crippen molar-refractivity contribution >= 4 is 17.4 Å². The zero-order valence-electron chi connectivity index (χ0n) is 18.6. The molecule has 6 nitrogen and oxygen atoms in total. The zero-order chi connectivity index (χ0) is 23.4. The molecule has 1 amide bonds. The number of nitrogens with zero attached hydrogens (tertiary/aromatic N) is 2. The van der Waals surface area contributed by atoms with Crippen LogP contribution < -0.4 is 4.74 Å². The van der Waals surface area contributed by atoms with E-state index in [9.17, 15) is 14.7 Å². The van der Waals surface area contributed by atoms with E-state index in [0.717, 1.165) is 5.56 Å². The van der Waals surface area contributed by atoms with E-state index in [-0.39, 0.29) is 17.9 Å². The second kappa shape index (κ2) is 9.69. The Balaban J connectivity index is 1.82. The van der Waals surface area contributed by atoms with Crippen molar-refractivity contribution in [2.45, 2.75) is 26.4 Å². The van der Waals surface area contributed by atoms with Gasteiger partial charge in [0.05, 0.1) is 18.2 Å². The number of benzene rings is 2. The number of hydrogen-bond donors (Lipinski definition) is 1. The van der Waals surface area contributed by atoms with Crippen LogP contribution in [0.15, 0.2) is 84.7 Å². The molecule has 2 heterocycles. The van der Waals surface area contributed by atoms with Crippen LogP contribution in [0, 0.1) is 5.92 Å². The molecule has 3 aromatic rings. The fraction of sp³-hybridized carbons (Fsp3) is 0.222. The van der Waals surface area contributed by atoms with Crippen molar-refractivity contribution in [3.05, 3.63) is 101 Å². The summed E-state index contributed by atoms with van der Waals surface area (Å²) < 4.78 is 5.88. The summed E-state index contributed by atoms with van der Waals surface area (Å²) in [4.78, 5) is 31.9. The lowest BCUT2D eigenvalue weighted by Gasteiger charge is -2.25. The number of carbonyl (C=O) groups is 2. The molecule has 0 aliphatic carbocycles. The van der Waals surface area contributed by atoms with Crippen LogP contribution in [0.1, 0.15) is 36.6 Å². The molecule has 0 bridgehead atoms. The van der Waals surface area contributed by atoms with Crippen molar-refractivity contribution in [3.8, 4) is 5.75 Å². The predicted molar refractivity (Wildman–Crippen MR) is 125 cm³/mol. The Bertz CT molecular complexity index is 1170. The molecule has 1 fully saturated rings. The van der Waals surface area contributed by atoms with Crippen LogP contribution in [0.4, 0.5) is 0 Å². The first-order valence-electron chi connectivity index (χ1n) is 10.9. The minimum absolute atomic E-state index is 0.0658. The highest BCUT2D eigenvalue weighted by Gasteiger charge is 2.46. The van der Waals surface area contributed by atoms with Crippen molar-refractivity contribution in [2.24, 2.45) is 5.92 Å². The maximum absolute atomic E-state index is 13.1. The number of Topliss-reactive ketones (excluding diaryl/α,β-unsaturated/α-hetero) is 1. The molecule has 1 aromatic heterocycles. The average molecular weight is 443 g/mol.